The van der Waals surface area contributed by atoms with Gasteiger partial charge in [-0.25, -0.2) is 25.9 Å². The summed E-state index contributed by atoms with van der Waals surface area (Å²) in [5, 5.41) is 2.53. The number of nitrogens with one attached hydrogen (secondary N) is 2. The maximum atomic E-state index is 13.6. The Morgan fingerprint density at radius 3 is 2.22 bits per heavy atom. The zero-order chi connectivity index (χ0) is 23.2. The van der Waals surface area contributed by atoms with Crippen LogP contribution in [-0.4, -0.2) is 66.4 Å². The van der Waals surface area contributed by atoms with Gasteiger partial charge in [-0.3, -0.25) is 4.79 Å². The molecule has 2 aromatic carbocycles. The molecule has 32 heavy (non-hydrogen) atoms. The molecule has 0 aliphatic carbocycles. The van der Waals surface area contributed by atoms with Crippen LogP contribution in [-0.2, 0) is 24.8 Å². The summed E-state index contributed by atoms with van der Waals surface area (Å²) >= 11 is 0. The predicted octanol–water partition coefficient (Wildman–Crippen LogP) is 0.945. The lowest BCUT2D eigenvalue weighted by Crippen LogP contribution is -2.40. The van der Waals surface area contributed by atoms with E-state index in [0.29, 0.717) is 13.2 Å². The molecule has 1 aliphatic rings. The van der Waals surface area contributed by atoms with E-state index in [0.717, 1.165) is 0 Å². The van der Waals surface area contributed by atoms with E-state index in [1.54, 1.807) is 6.07 Å². The minimum absolute atomic E-state index is 0.00852. The zero-order valence-corrected chi connectivity index (χ0v) is 18.8. The highest BCUT2D eigenvalue weighted by molar-refractivity contribution is 7.89. The van der Waals surface area contributed by atoms with Gasteiger partial charge in [0.15, 0.2) is 0 Å². The molecule has 2 N–H and O–H groups in total. The first-order chi connectivity index (χ1) is 15.2. The normalized spacial score (nSPS) is 15.4. The second-order valence-electron chi connectivity index (χ2n) is 6.97. The number of nitrogens with zero attached hydrogens (tertiary/aromatic N) is 1. The Bertz CT molecular complexity index is 1150. The highest BCUT2D eigenvalue weighted by Gasteiger charge is 2.26. The van der Waals surface area contributed by atoms with Crippen LogP contribution in [0.1, 0.15) is 16.8 Å². The van der Waals surface area contributed by atoms with Crippen LogP contribution >= 0.6 is 0 Å². The third-order valence-electron chi connectivity index (χ3n) is 4.79. The van der Waals surface area contributed by atoms with Crippen molar-refractivity contribution in [2.24, 2.45) is 0 Å². The standard InChI is InChI=1S/C20H24FN3O6S2/c21-19-5-2-1-4-18(19)20(25)22-10-3-11-23-31(26,27)16-6-8-17(9-7-16)32(28,29)24-12-14-30-15-13-24/h1-2,4-9,23H,3,10-15H2,(H,22,25). The minimum Gasteiger partial charge on any atom is -0.379 e. The summed E-state index contributed by atoms with van der Waals surface area (Å²) in [6.07, 6.45) is 0.281. The summed E-state index contributed by atoms with van der Waals surface area (Å²) in [5.74, 6) is -1.21. The Kier molecular flexibility index (Phi) is 7.96. The maximum Gasteiger partial charge on any atom is 0.254 e. The fourth-order valence-electron chi connectivity index (χ4n) is 3.05. The third-order valence-corrected chi connectivity index (χ3v) is 8.18. The topological polar surface area (TPSA) is 122 Å². The van der Waals surface area contributed by atoms with Crippen LogP contribution in [0.25, 0.3) is 0 Å². The molecule has 0 bridgehead atoms. The highest BCUT2D eigenvalue weighted by atomic mass is 32.2. The van der Waals surface area contributed by atoms with E-state index >= 15 is 0 Å². The van der Waals surface area contributed by atoms with E-state index in [1.165, 1.54) is 46.8 Å². The fourth-order valence-corrected chi connectivity index (χ4v) is 5.53. The van der Waals surface area contributed by atoms with E-state index in [9.17, 15) is 26.0 Å². The van der Waals surface area contributed by atoms with Gasteiger partial charge < -0.3 is 10.1 Å². The smallest absolute Gasteiger partial charge is 0.254 e. The molecule has 12 heteroatoms. The second kappa shape index (κ2) is 10.5. The van der Waals surface area contributed by atoms with Crippen LogP contribution in [0.4, 0.5) is 4.39 Å². The maximum absolute atomic E-state index is 13.6. The van der Waals surface area contributed by atoms with Crippen LogP contribution in [0.3, 0.4) is 0 Å². The van der Waals surface area contributed by atoms with E-state index < -0.39 is 31.8 Å². The summed E-state index contributed by atoms with van der Waals surface area (Å²) in [6.45, 7) is 1.31. The Labute approximate surface area is 186 Å². The van der Waals surface area contributed by atoms with Gasteiger partial charge in [0.1, 0.15) is 5.82 Å². The van der Waals surface area contributed by atoms with Crippen LogP contribution < -0.4 is 10.0 Å². The summed E-state index contributed by atoms with van der Waals surface area (Å²) in [6, 6.07) is 10.5. The van der Waals surface area contributed by atoms with Gasteiger partial charge in [-0.2, -0.15) is 4.31 Å². The zero-order valence-electron chi connectivity index (χ0n) is 17.2. The van der Waals surface area contributed by atoms with Gasteiger partial charge in [-0.15, -0.1) is 0 Å². The fraction of sp³-hybridized carbons (Fsp3) is 0.350. The van der Waals surface area contributed by atoms with Crippen molar-refractivity contribution in [2.45, 2.75) is 16.2 Å². The highest BCUT2D eigenvalue weighted by Crippen LogP contribution is 2.19. The average Bonchev–Trinajstić information content (AvgIpc) is 2.79. The lowest BCUT2D eigenvalue weighted by Gasteiger charge is -2.26. The van der Waals surface area contributed by atoms with Crippen molar-refractivity contribution < 1.29 is 30.8 Å². The van der Waals surface area contributed by atoms with Gasteiger partial charge in [0.05, 0.1) is 28.6 Å². The number of hydrogen-bond donors (Lipinski definition) is 2. The minimum atomic E-state index is -3.86. The number of morpholine rings is 1. The van der Waals surface area contributed by atoms with Gasteiger partial charge in [-0.05, 0) is 42.8 Å². The third kappa shape index (κ3) is 5.90. The Morgan fingerprint density at radius 1 is 0.938 bits per heavy atom. The molecule has 0 radical (unpaired) electrons. The first-order valence-corrected chi connectivity index (χ1v) is 12.8. The summed E-state index contributed by atoms with van der Waals surface area (Å²) in [4.78, 5) is 11.9. The Hall–Kier alpha value is -2.38. The molecular weight excluding hydrogens is 461 g/mol. The number of rotatable bonds is 9. The molecule has 9 nitrogen and oxygen atoms in total. The van der Waals surface area contributed by atoms with Gasteiger partial charge in [0.2, 0.25) is 20.0 Å². The number of carbonyl (C=O) groups is 1. The molecule has 0 saturated carbocycles. The molecule has 2 aromatic rings. The average molecular weight is 486 g/mol. The molecule has 1 fully saturated rings. The molecule has 1 heterocycles. The molecule has 3 rings (SSSR count). The first kappa shape index (κ1) is 24.3. The summed E-state index contributed by atoms with van der Waals surface area (Å²) in [7, 11) is -7.57. The van der Waals surface area contributed by atoms with Crippen molar-refractivity contribution in [3.8, 4) is 0 Å². The number of sulfonamides is 2. The molecule has 174 valence electrons. The van der Waals surface area contributed by atoms with Gasteiger partial charge >= 0.3 is 0 Å². The monoisotopic (exact) mass is 485 g/mol. The van der Waals surface area contributed by atoms with Crippen molar-refractivity contribution in [3.05, 3.63) is 59.9 Å². The first-order valence-electron chi connectivity index (χ1n) is 9.92. The number of hydrogen-bond acceptors (Lipinski definition) is 6. The molecule has 0 unspecified atom stereocenters. The van der Waals surface area contributed by atoms with Crippen LogP contribution in [0.5, 0.6) is 0 Å². The number of benzene rings is 2. The van der Waals surface area contributed by atoms with Gasteiger partial charge in [0.25, 0.3) is 5.91 Å². The second-order valence-corrected chi connectivity index (χ2v) is 10.7. The number of halogens is 1. The number of amides is 1. The SMILES string of the molecule is O=C(NCCCNS(=O)(=O)c1ccc(S(=O)(=O)N2CCOCC2)cc1)c1ccccc1F. The quantitative estimate of drug-likeness (QED) is 0.510. The summed E-state index contributed by atoms with van der Waals surface area (Å²) in [5.41, 5.74) is -0.0831. The molecule has 1 aliphatic heterocycles. The van der Waals surface area contributed by atoms with Crippen LogP contribution in [0.15, 0.2) is 58.3 Å². The van der Waals surface area contributed by atoms with Gasteiger partial charge in [-0.1, -0.05) is 12.1 Å². The van der Waals surface area contributed by atoms with Crippen molar-refractivity contribution in [3.63, 3.8) is 0 Å². The van der Waals surface area contributed by atoms with E-state index in [1.807, 2.05) is 0 Å². The van der Waals surface area contributed by atoms with E-state index in [-0.39, 0.29) is 48.0 Å². The lowest BCUT2D eigenvalue weighted by molar-refractivity contribution is 0.0730. The molecule has 0 spiro atoms. The van der Waals surface area contributed by atoms with Crippen molar-refractivity contribution >= 4 is 26.0 Å². The van der Waals surface area contributed by atoms with Gasteiger partial charge in [0, 0.05) is 26.2 Å². The lowest BCUT2D eigenvalue weighted by atomic mass is 10.2. The van der Waals surface area contributed by atoms with E-state index in [4.69, 9.17) is 4.74 Å². The molecule has 1 amide bonds. The van der Waals surface area contributed by atoms with Crippen molar-refractivity contribution in [1.29, 1.82) is 0 Å². The number of carbonyl (C=O) groups excluding carboxylic acids is 1. The van der Waals surface area contributed by atoms with Crippen molar-refractivity contribution in [2.75, 3.05) is 39.4 Å². The molecule has 0 atom stereocenters. The molecular formula is C20H24FN3O6S2. The Morgan fingerprint density at radius 2 is 1.56 bits per heavy atom. The van der Waals surface area contributed by atoms with Crippen molar-refractivity contribution in [1.82, 2.24) is 14.3 Å². The van der Waals surface area contributed by atoms with Crippen LogP contribution in [0, 0.1) is 5.82 Å². The number of ether oxygens (including phenoxy) is 1. The van der Waals surface area contributed by atoms with E-state index in [2.05, 4.69) is 10.0 Å². The molecule has 1 saturated heterocycles. The largest absolute Gasteiger partial charge is 0.379 e. The van der Waals surface area contributed by atoms with Crippen LogP contribution in [0.2, 0.25) is 0 Å². The molecule has 0 aromatic heterocycles. The Balaban J connectivity index is 1.51. The summed E-state index contributed by atoms with van der Waals surface area (Å²) < 4.78 is 72.5. The predicted molar refractivity (Wildman–Crippen MR) is 115 cm³/mol.